The van der Waals surface area contributed by atoms with Crippen molar-refractivity contribution in [3.05, 3.63) is 34.4 Å². The fraction of sp³-hybridized carbons (Fsp3) is 0.500. The van der Waals surface area contributed by atoms with Crippen molar-refractivity contribution in [2.24, 2.45) is 0 Å². The van der Waals surface area contributed by atoms with Crippen LogP contribution >= 0.6 is 0 Å². The van der Waals surface area contributed by atoms with Crippen molar-refractivity contribution in [1.29, 1.82) is 0 Å². The van der Waals surface area contributed by atoms with Crippen LogP contribution in [0.25, 0.3) is 0 Å². The van der Waals surface area contributed by atoms with Crippen LogP contribution in [0.4, 0.5) is 5.69 Å². The van der Waals surface area contributed by atoms with Crippen molar-refractivity contribution in [3.63, 3.8) is 0 Å². The number of rotatable bonds is 9. The van der Waals surface area contributed by atoms with E-state index in [2.05, 4.69) is 5.32 Å². The van der Waals surface area contributed by atoms with Crippen LogP contribution in [0.2, 0.25) is 0 Å². The third kappa shape index (κ3) is 5.39. The van der Waals surface area contributed by atoms with Gasteiger partial charge in [-0.3, -0.25) is 14.9 Å². The number of nitrogens with zero attached hydrogens (tertiary/aromatic N) is 1. The average Bonchev–Trinajstić information content (AvgIpc) is 2.47. The first kappa shape index (κ1) is 16.9. The molecule has 0 radical (unpaired) electrons. The summed E-state index contributed by atoms with van der Waals surface area (Å²) in [7, 11) is 0. The molecule has 0 aromatic heterocycles. The molecule has 0 fully saturated rings. The monoisotopic (exact) mass is 296 g/mol. The molecule has 0 bridgehead atoms. The van der Waals surface area contributed by atoms with Crippen LogP contribution in [-0.4, -0.2) is 36.7 Å². The van der Waals surface area contributed by atoms with Gasteiger partial charge in [0, 0.05) is 12.5 Å². The van der Waals surface area contributed by atoms with Gasteiger partial charge in [0.25, 0.3) is 0 Å². The lowest BCUT2D eigenvalue weighted by Crippen LogP contribution is -2.39. The first-order valence-corrected chi connectivity index (χ1v) is 6.86. The smallest absolute Gasteiger partial charge is 0.323 e. The van der Waals surface area contributed by atoms with Gasteiger partial charge in [0.15, 0.2) is 5.75 Å². The number of benzene rings is 1. The Kier molecular flexibility index (Phi) is 7.17. The predicted octanol–water partition coefficient (Wildman–Crippen LogP) is 1.90. The number of carbonyl (C=O) groups is 1. The highest BCUT2D eigenvalue weighted by molar-refractivity contribution is 5.75. The van der Waals surface area contributed by atoms with Crippen molar-refractivity contribution in [2.45, 2.75) is 26.3 Å². The first-order valence-electron chi connectivity index (χ1n) is 6.86. The number of hydrogen-bond donors (Lipinski definition) is 1. The summed E-state index contributed by atoms with van der Waals surface area (Å²) in [5.74, 6) is -0.146. The molecule has 1 N–H and O–H groups in total. The molecule has 0 aliphatic rings. The van der Waals surface area contributed by atoms with Gasteiger partial charge in [-0.15, -0.1) is 0 Å². The zero-order chi connectivity index (χ0) is 15.7. The maximum absolute atomic E-state index is 11.7. The van der Waals surface area contributed by atoms with Crippen LogP contribution in [0.3, 0.4) is 0 Å². The third-order valence-electron chi connectivity index (χ3n) is 2.75. The summed E-state index contributed by atoms with van der Waals surface area (Å²) in [6, 6.07) is 5.67. The lowest BCUT2D eigenvalue weighted by atomic mass is 10.2. The highest BCUT2D eigenvalue weighted by atomic mass is 16.6. The van der Waals surface area contributed by atoms with Gasteiger partial charge >= 0.3 is 11.7 Å². The van der Waals surface area contributed by atoms with Gasteiger partial charge in [0.1, 0.15) is 6.04 Å². The summed E-state index contributed by atoms with van der Waals surface area (Å²) in [5, 5.41) is 13.9. The number of para-hydroxylation sites is 2. The Morgan fingerprint density at radius 1 is 1.38 bits per heavy atom. The second-order valence-electron chi connectivity index (χ2n) is 4.22. The van der Waals surface area contributed by atoms with E-state index < -0.39 is 11.0 Å². The second kappa shape index (κ2) is 8.91. The summed E-state index contributed by atoms with van der Waals surface area (Å²) in [5.41, 5.74) is -0.0892. The molecule has 116 valence electrons. The van der Waals surface area contributed by atoms with Crippen LogP contribution in [0.15, 0.2) is 24.3 Å². The van der Waals surface area contributed by atoms with Gasteiger partial charge in [0.05, 0.1) is 18.1 Å². The van der Waals surface area contributed by atoms with E-state index in [0.717, 1.165) is 0 Å². The predicted molar refractivity (Wildman–Crippen MR) is 77.3 cm³/mol. The maximum Gasteiger partial charge on any atom is 0.323 e. The lowest BCUT2D eigenvalue weighted by molar-refractivity contribution is -0.385. The fourth-order valence-corrected chi connectivity index (χ4v) is 1.81. The van der Waals surface area contributed by atoms with Gasteiger partial charge in [-0.25, -0.2) is 0 Å². The number of nitro groups is 1. The topological polar surface area (TPSA) is 90.7 Å². The molecular formula is C14H20N2O5. The number of esters is 1. The van der Waals surface area contributed by atoms with E-state index in [4.69, 9.17) is 9.47 Å². The molecule has 1 rings (SSSR count). The van der Waals surface area contributed by atoms with Gasteiger partial charge in [0.2, 0.25) is 0 Å². The standard InChI is InChI=1S/C14H20N2O5/c1-3-15-11(14(17)20-4-2)9-10-21-13-8-6-5-7-12(13)16(18)19/h5-8,11,15H,3-4,9-10H2,1-2H3. The van der Waals surface area contributed by atoms with Gasteiger partial charge in [-0.2, -0.15) is 0 Å². The Bertz CT molecular complexity index is 478. The van der Waals surface area contributed by atoms with E-state index in [0.29, 0.717) is 19.6 Å². The van der Waals surface area contributed by atoms with Crippen LogP contribution < -0.4 is 10.1 Å². The Labute approximate surface area is 123 Å². The minimum Gasteiger partial charge on any atom is -0.487 e. The Hall–Kier alpha value is -2.15. The number of carbonyl (C=O) groups excluding carboxylic acids is 1. The number of ether oxygens (including phenoxy) is 2. The maximum atomic E-state index is 11.7. The molecule has 0 aliphatic heterocycles. The first-order chi connectivity index (χ1) is 10.1. The van der Waals surface area contributed by atoms with Crippen LogP contribution in [-0.2, 0) is 9.53 Å². The highest BCUT2D eigenvalue weighted by Gasteiger charge is 2.19. The average molecular weight is 296 g/mol. The SMILES string of the molecule is CCNC(CCOc1ccccc1[N+](=O)[O-])C(=O)OCC. The molecule has 0 spiro atoms. The fourth-order valence-electron chi connectivity index (χ4n) is 1.81. The van der Waals surface area contributed by atoms with Crippen molar-refractivity contribution >= 4 is 11.7 Å². The molecule has 1 unspecified atom stereocenters. The Balaban J connectivity index is 2.58. The van der Waals surface area contributed by atoms with Crippen LogP contribution in [0, 0.1) is 10.1 Å². The van der Waals surface area contributed by atoms with Crippen LogP contribution in [0.1, 0.15) is 20.3 Å². The second-order valence-corrected chi connectivity index (χ2v) is 4.22. The van der Waals surface area contributed by atoms with E-state index in [9.17, 15) is 14.9 Å². The number of nitrogens with one attached hydrogen (secondary N) is 1. The Morgan fingerprint density at radius 2 is 2.10 bits per heavy atom. The Morgan fingerprint density at radius 3 is 2.71 bits per heavy atom. The van der Waals surface area contributed by atoms with E-state index in [-0.39, 0.29) is 24.0 Å². The summed E-state index contributed by atoms with van der Waals surface area (Å²) in [6.07, 6.45) is 0.374. The molecule has 0 aliphatic carbocycles. The van der Waals surface area contributed by atoms with E-state index in [1.54, 1.807) is 19.1 Å². The lowest BCUT2D eigenvalue weighted by Gasteiger charge is -2.16. The normalized spacial score (nSPS) is 11.7. The van der Waals surface area contributed by atoms with Crippen molar-refractivity contribution in [3.8, 4) is 5.75 Å². The summed E-state index contributed by atoms with van der Waals surface area (Å²) in [6.45, 7) is 4.74. The third-order valence-corrected chi connectivity index (χ3v) is 2.75. The van der Waals surface area contributed by atoms with Gasteiger partial charge < -0.3 is 14.8 Å². The number of likely N-dealkylation sites (N-methyl/N-ethyl adjacent to an activating group) is 1. The van der Waals surface area contributed by atoms with Gasteiger partial charge in [-0.05, 0) is 19.5 Å². The minimum absolute atomic E-state index is 0.0892. The van der Waals surface area contributed by atoms with Gasteiger partial charge in [-0.1, -0.05) is 19.1 Å². The molecule has 7 heteroatoms. The molecule has 21 heavy (non-hydrogen) atoms. The van der Waals surface area contributed by atoms with E-state index >= 15 is 0 Å². The summed E-state index contributed by atoms with van der Waals surface area (Å²) in [4.78, 5) is 22.1. The van der Waals surface area contributed by atoms with E-state index in [1.807, 2.05) is 6.92 Å². The highest BCUT2D eigenvalue weighted by Crippen LogP contribution is 2.25. The van der Waals surface area contributed by atoms with Crippen molar-refractivity contribution < 1.29 is 19.2 Å². The molecule has 0 saturated carbocycles. The van der Waals surface area contributed by atoms with Crippen molar-refractivity contribution in [2.75, 3.05) is 19.8 Å². The molecule has 1 aromatic rings. The minimum atomic E-state index is -0.498. The molecule has 0 heterocycles. The molecular weight excluding hydrogens is 276 g/mol. The largest absolute Gasteiger partial charge is 0.487 e. The van der Waals surface area contributed by atoms with Crippen molar-refractivity contribution in [1.82, 2.24) is 5.32 Å². The number of hydrogen-bond acceptors (Lipinski definition) is 6. The van der Waals surface area contributed by atoms with Crippen LogP contribution in [0.5, 0.6) is 5.75 Å². The molecule has 0 amide bonds. The molecule has 0 saturated heterocycles. The zero-order valence-electron chi connectivity index (χ0n) is 12.2. The summed E-state index contributed by atoms with van der Waals surface area (Å²) < 4.78 is 10.4. The molecule has 7 nitrogen and oxygen atoms in total. The summed E-state index contributed by atoms with van der Waals surface area (Å²) >= 11 is 0. The molecule has 1 atom stereocenters. The zero-order valence-corrected chi connectivity index (χ0v) is 12.2. The quantitative estimate of drug-likeness (QED) is 0.425. The number of nitro benzene ring substituents is 1. The van der Waals surface area contributed by atoms with E-state index in [1.165, 1.54) is 12.1 Å². The molecule has 1 aromatic carbocycles.